The fourth-order valence-electron chi connectivity index (χ4n) is 3.50. The van der Waals surface area contributed by atoms with Crippen LogP contribution in [0.15, 0.2) is 53.6 Å². The summed E-state index contributed by atoms with van der Waals surface area (Å²) in [7, 11) is 1.57. The lowest BCUT2D eigenvalue weighted by Gasteiger charge is -2.28. The van der Waals surface area contributed by atoms with Crippen molar-refractivity contribution in [3.63, 3.8) is 0 Å². The first kappa shape index (κ1) is 19.6. The van der Waals surface area contributed by atoms with Crippen LogP contribution in [0, 0.1) is 6.92 Å². The first-order chi connectivity index (χ1) is 14.5. The zero-order valence-corrected chi connectivity index (χ0v) is 17.0. The Morgan fingerprint density at radius 2 is 2.13 bits per heavy atom. The highest BCUT2D eigenvalue weighted by Crippen LogP contribution is 2.26. The van der Waals surface area contributed by atoms with Crippen molar-refractivity contribution in [2.24, 2.45) is 0 Å². The van der Waals surface area contributed by atoms with E-state index in [1.54, 1.807) is 30.5 Å². The standard InChI is InChI=1S/C22H23N5O3/c1-15-5-6-20(30-2)19(10-15)24-22(29)26-9-7-18-17(14-26)11-21(28)27(25-18)13-16-4-3-8-23-12-16/h3-6,8,10-12H,7,9,13-14H2,1-2H3,(H,24,29). The van der Waals surface area contributed by atoms with E-state index in [4.69, 9.17) is 4.74 Å². The Morgan fingerprint density at radius 3 is 2.90 bits per heavy atom. The van der Waals surface area contributed by atoms with Gasteiger partial charge < -0.3 is 15.0 Å². The number of carbonyl (C=O) groups excluding carboxylic acids is 1. The average molecular weight is 405 g/mol. The lowest BCUT2D eigenvalue weighted by molar-refractivity contribution is 0.205. The number of carbonyl (C=O) groups is 1. The Hall–Kier alpha value is -3.68. The molecule has 0 saturated heterocycles. The molecule has 154 valence electrons. The number of methoxy groups -OCH3 is 1. The number of aromatic nitrogens is 3. The summed E-state index contributed by atoms with van der Waals surface area (Å²) in [6, 6.07) is 10.7. The van der Waals surface area contributed by atoms with Crippen LogP contribution in [-0.2, 0) is 19.5 Å². The van der Waals surface area contributed by atoms with Gasteiger partial charge in [0.25, 0.3) is 5.56 Å². The van der Waals surface area contributed by atoms with E-state index >= 15 is 0 Å². The minimum absolute atomic E-state index is 0.194. The summed E-state index contributed by atoms with van der Waals surface area (Å²) >= 11 is 0. The number of benzene rings is 1. The molecule has 0 spiro atoms. The second-order valence-electron chi connectivity index (χ2n) is 7.28. The van der Waals surface area contributed by atoms with E-state index in [0.717, 1.165) is 22.4 Å². The summed E-state index contributed by atoms with van der Waals surface area (Å²) in [5.41, 5.74) is 3.98. The van der Waals surface area contributed by atoms with Crippen molar-refractivity contribution in [3.8, 4) is 5.75 Å². The van der Waals surface area contributed by atoms with Crippen LogP contribution in [-0.4, -0.2) is 39.4 Å². The van der Waals surface area contributed by atoms with Crippen molar-refractivity contribution in [2.75, 3.05) is 19.0 Å². The molecule has 0 fully saturated rings. The van der Waals surface area contributed by atoms with Crippen LogP contribution in [0.2, 0.25) is 0 Å². The normalized spacial score (nSPS) is 12.9. The fourth-order valence-corrected chi connectivity index (χ4v) is 3.50. The molecular weight excluding hydrogens is 382 g/mol. The predicted molar refractivity (Wildman–Crippen MR) is 113 cm³/mol. The van der Waals surface area contributed by atoms with Gasteiger partial charge in [0.15, 0.2) is 0 Å². The number of aryl methyl sites for hydroxylation is 1. The monoisotopic (exact) mass is 405 g/mol. The third-order valence-electron chi connectivity index (χ3n) is 5.08. The molecule has 1 aliphatic heterocycles. The molecule has 0 radical (unpaired) electrons. The van der Waals surface area contributed by atoms with Crippen LogP contribution < -0.4 is 15.6 Å². The molecule has 0 unspecified atom stereocenters. The Balaban J connectivity index is 1.50. The number of rotatable bonds is 4. The summed E-state index contributed by atoms with van der Waals surface area (Å²) in [6.45, 7) is 3.18. The van der Waals surface area contributed by atoms with E-state index in [1.807, 2.05) is 37.3 Å². The van der Waals surface area contributed by atoms with Crippen LogP contribution in [0.25, 0.3) is 0 Å². The van der Waals surface area contributed by atoms with Crippen LogP contribution in [0.4, 0.5) is 10.5 Å². The highest BCUT2D eigenvalue weighted by atomic mass is 16.5. The zero-order valence-electron chi connectivity index (χ0n) is 17.0. The van der Waals surface area contributed by atoms with Crippen molar-refractivity contribution in [1.82, 2.24) is 19.7 Å². The van der Waals surface area contributed by atoms with Gasteiger partial charge in [0.1, 0.15) is 5.75 Å². The Kier molecular flexibility index (Phi) is 5.47. The van der Waals surface area contributed by atoms with E-state index < -0.39 is 0 Å². The number of nitrogens with one attached hydrogen (secondary N) is 1. The van der Waals surface area contributed by atoms with Gasteiger partial charge in [0.2, 0.25) is 0 Å². The maximum Gasteiger partial charge on any atom is 0.322 e. The molecule has 8 heteroatoms. The molecule has 8 nitrogen and oxygen atoms in total. The van der Waals surface area contributed by atoms with Gasteiger partial charge in [-0.1, -0.05) is 12.1 Å². The maximum atomic E-state index is 12.8. The van der Waals surface area contributed by atoms with Crippen molar-refractivity contribution in [3.05, 3.63) is 81.5 Å². The first-order valence-electron chi connectivity index (χ1n) is 9.73. The van der Waals surface area contributed by atoms with Gasteiger partial charge in [-0.2, -0.15) is 5.10 Å². The van der Waals surface area contributed by atoms with E-state index in [9.17, 15) is 9.59 Å². The summed E-state index contributed by atoms with van der Waals surface area (Å²) in [4.78, 5) is 31.1. The van der Waals surface area contributed by atoms with Crippen LogP contribution >= 0.6 is 0 Å². The number of anilines is 1. The summed E-state index contributed by atoms with van der Waals surface area (Å²) in [5.74, 6) is 0.603. The third-order valence-corrected chi connectivity index (χ3v) is 5.08. The number of pyridine rings is 1. The van der Waals surface area contributed by atoms with Gasteiger partial charge in [-0.15, -0.1) is 0 Å². The van der Waals surface area contributed by atoms with Crippen LogP contribution in [0.3, 0.4) is 0 Å². The molecule has 1 N–H and O–H groups in total. The second kappa shape index (κ2) is 8.36. The largest absolute Gasteiger partial charge is 0.495 e. The summed E-state index contributed by atoms with van der Waals surface area (Å²) in [5, 5.41) is 7.44. The van der Waals surface area contributed by atoms with Gasteiger partial charge in [0.05, 0.1) is 25.0 Å². The number of amides is 2. The molecule has 0 atom stereocenters. The van der Waals surface area contributed by atoms with Gasteiger partial charge in [-0.25, -0.2) is 9.48 Å². The highest BCUT2D eigenvalue weighted by Gasteiger charge is 2.23. The molecule has 0 saturated carbocycles. The summed E-state index contributed by atoms with van der Waals surface area (Å²) < 4.78 is 6.78. The summed E-state index contributed by atoms with van der Waals surface area (Å²) in [6.07, 6.45) is 4.00. The quantitative estimate of drug-likeness (QED) is 0.721. The molecule has 3 aromatic rings. The van der Waals surface area contributed by atoms with Crippen LogP contribution in [0.1, 0.15) is 22.4 Å². The molecule has 3 heterocycles. The Bertz CT molecular complexity index is 1130. The van der Waals surface area contributed by atoms with Crippen molar-refractivity contribution in [1.29, 1.82) is 0 Å². The Labute approximate surface area is 174 Å². The number of nitrogens with zero attached hydrogens (tertiary/aromatic N) is 4. The van der Waals surface area contributed by atoms with E-state index in [1.165, 1.54) is 4.68 Å². The molecule has 2 aromatic heterocycles. The van der Waals surface area contributed by atoms with Crippen molar-refractivity contribution < 1.29 is 9.53 Å². The van der Waals surface area contributed by atoms with Crippen molar-refractivity contribution >= 4 is 11.7 Å². The van der Waals surface area contributed by atoms with Crippen molar-refractivity contribution in [2.45, 2.75) is 26.4 Å². The number of fused-ring (bicyclic) bond motifs is 1. The van der Waals surface area contributed by atoms with Crippen LogP contribution in [0.5, 0.6) is 5.75 Å². The minimum atomic E-state index is -0.232. The lowest BCUT2D eigenvalue weighted by Crippen LogP contribution is -2.40. The predicted octanol–water partition coefficient (Wildman–Crippen LogP) is 2.59. The van der Waals surface area contributed by atoms with Gasteiger partial charge >= 0.3 is 6.03 Å². The lowest BCUT2D eigenvalue weighted by atomic mass is 10.1. The first-order valence-corrected chi connectivity index (χ1v) is 9.73. The fraction of sp³-hybridized carbons (Fsp3) is 0.273. The smallest absolute Gasteiger partial charge is 0.322 e. The molecule has 0 bridgehead atoms. The number of hydrogen-bond donors (Lipinski definition) is 1. The molecule has 4 rings (SSSR count). The molecule has 1 aromatic carbocycles. The van der Waals surface area contributed by atoms with E-state index in [2.05, 4.69) is 15.4 Å². The molecule has 2 amide bonds. The number of ether oxygens (including phenoxy) is 1. The number of urea groups is 1. The maximum absolute atomic E-state index is 12.8. The van der Waals surface area contributed by atoms with Gasteiger partial charge in [-0.05, 0) is 36.2 Å². The second-order valence-corrected chi connectivity index (χ2v) is 7.28. The molecule has 30 heavy (non-hydrogen) atoms. The topological polar surface area (TPSA) is 89.3 Å². The zero-order chi connectivity index (χ0) is 21.1. The average Bonchev–Trinajstić information content (AvgIpc) is 2.75. The SMILES string of the molecule is COc1ccc(C)cc1NC(=O)N1CCc2nn(Cc3cccnc3)c(=O)cc2C1. The van der Waals surface area contributed by atoms with Gasteiger partial charge in [0, 0.05) is 43.5 Å². The third kappa shape index (κ3) is 4.17. The minimum Gasteiger partial charge on any atom is -0.495 e. The Morgan fingerprint density at radius 1 is 1.27 bits per heavy atom. The molecule has 0 aliphatic carbocycles. The van der Waals surface area contributed by atoms with Gasteiger partial charge in [-0.3, -0.25) is 9.78 Å². The molecule has 1 aliphatic rings. The van der Waals surface area contributed by atoms with E-state index in [0.29, 0.717) is 37.5 Å². The number of hydrogen-bond acceptors (Lipinski definition) is 5. The molecular formula is C22H23N5O3. The van der Waals surface area contributed by atoms with E-state index in [-0.39, 0.29) is 11.6 Å². The highest BCUT2D eigenvalue weighted by molar-refractivity contribution is 5.91.